The summed E-state index contributed by atoms with van der Waals surface area (Å²) in [5, 5.41) is 12.3. The van der Waals surface area contributed by atoms with Crippen molar-refractivity contribution in [3.8, 4) is 28.7 Å². The third kappa shape index (κ3) is 3.61. The molecular formula is C21H18FN3O2. The normalized spacial score (nSPS) is 16.8. The average Bonchev–Trinajstić information content (AvgIpc) is 3.23. The van der Waals surface area contributed by atoms with Crippen molar-refractivity contribution in [2.45, 2.75) is 12.5 Å². The second-order valence-corrected chi connectivity index (χ2v) is 6.38. The van der Waals surface area contributed by atoms with Crippen molar-refractivity contribution in [1.82, 2.24) is 10.3 Å². The van der Waals surface area contributed by atoms with Crippen LogP contribution in [0.5, 0.6) is 0 Å². The quantitative estimate of drug-likeness (QED) is 0.768. The van der Waals surface area contributed by atoms with E-state index in [1.54, 1.807) is 12.3 Å². The van der Waals surface area contributed by atoms with Gasteiger partial charge in [-0.05, 0) is 28.8 Å². The summed E-state index contributed by atoms with van der Waals surface area (Å²) in [7, 11) is 0. The molecule has 0 bridgehead atoms. The summed E-state index contributed by atoms with van der Waals surface area (Å²) in [6.45, 7) is 2.31. The van der Waals surface area contributed by atoms with Crippen LogP contribution >= 0.6 is 0 Å². The Morgan fingerprint density at radius 2 is 2.22 bits per heavy atom. The van der Waals surface area contributed by atoms with E-state index in [2.05, 4.69) is 10.3 Å². The van der Waals surface area contributed by atoms with Gasteiger partial charge in [-0.25, -0.2) is 9.37 Å². The number of hydrogen-bond donors (Lipinski definition) is 1. The third-order valence-corrected chi connectivity index (χ3v) is 4.65. The molecule has 2 heterocycles. The van der Waals surface area contributed by atoms with Crippen LogP contribution in [0.25, 0.3) is 22.6 Å². The summed E-state index contributed by atoms with van der Waals surface area (Å²) in [5.74, 6) is -0.0623. The Morgan fingerprint density at radius 3 is 2.93 bits per heavy atom. The number of nitriles is 1. The Labute approximate surface area is 156 Å². The fraction of sp³-hybridized carbons (Fsp3) is 0.238. The predicted molar refractivity (Wildman–Crippen MR) is 98.4 cm³/mol. The summed E-state index contributed by atoms with van der Waals surface area (Å²) in [6.07, 6.45) is 3.86. The van der Waals surface area contributed by atoms with Gasteiger partial charge in [-0.3, -0.25) is 0 Å². The number of morpholine rings is 1. The van der Waals surface area contributed by atoms with Crippen molar-refractivity contribution in [2.75, 3.05) is 19.7 Å². The van der Waals surface area contributed by atoms with Gasteiger partial charge in [0.1, 0.15) is 18.1 Å². The Hall–Kier alpha value is -3.01. The topological polar surface area (TPSA) is 71.1 Å². The first-order chi connectivity index (χ1) is 13.3. The minimum Gasteiger partial charge on any atom is -0.444 e. The van der Waals surface area contributed by atoms with Crippen LogP contribution in [0.4, 0.5) is 4.39 Å². The van der Waals surface area contributed by atoms with Gasteiger partial charge in [0, 0.05) is 25.1 Å². The molecule has 6 heteroatoms. The predicted octanol–water partition coefficient (Wildman–Crippen LogP) is 3.55. The second-order valence-electron chi connectivity index (χ2n) is 6.38. The largest absolute Gasteiger partial charge is 0.444 e. The summed E-state index contributed by atoms with van der Waals surface area (Å²) in [5.41, 5.74) is 3.34. The summed E-state index contributed by atoms with van der Waals surface area (Å²) >= 11 is 0. The molecule has 1 unspecified atom stereocenters. The molecule has 0 radical (unpaired) electrons. The zero-order valence-electron chi connectivity index (χ0n) is 14.6. The molecule has 3 aromatic rings. The molecule has 4 rings (SSSR count). The van der Waals surface area contributed by atoms with Crippen LogP contribution in [0.3, 0.4) is 0 Å². The van der Waals surface area contributed by atoms with Crippen LogP contribution in [0, 0.1) is 17.1 Å². The summed E-state index contributed by atoms with van der Waals surface area (Å²) in [4.78, 5) is 4.31. The van der Waals surface area contributed by atoms with Gasteiger partial charge in [0.15, 0.2) is 0 Å². The SMILES string of the molecule is N#Cc1ccc(-c2cccc(CC3CNCCO3)c2-c2ncco2)cc1F. The highest BCUT2D eigenvalue weighted by Crippen LogP contribution is 2.35. The van der Waals surface area contributed by atoms with Crippen LogP contribution in [-0.2, 0) is 11.2 Å². The molecule has 1 fully saturated rings. The van der Waals surface area contributed by atoms with Crippen LogP contribution < -0.4 is 5.32 Å². The molecule has 136 valence electrons. The van der Waals surface area contributed by atoms with E-state index in [9.17, 15) is 4.39 Å². The first-order valence-electron chi connectivity index (χ1n) is 8.80. The van der Waals surface area contributed by atoms with E-state index in [4.69, 9.17) is 14.4 Å². The fourth-order valence-electron chi connectivity index (χ4n) is 3.38. The van der Waals surface area contributed by atoms with Crippen LogP contribution in [0.15, 0.2) is 53.3 Å². The zero-order chi connectivity index (χ0) is 18.6. The Morgan fingerprint density at radius 1 is 1.30 bits per heavy atom. The maximum atomic E-state index is 14.2. The van der Waals surface area contributed by atoms with E-state index in [0.717, 1.165) is 29.8 Å². The minimum atomic E-state index is -0.543. The van der Waals surface area contributed by atoms with Crippen LogP contribution in [-0.4, -0.2) is 30.8 Å². The number of nitrogens with zero attached hydrogens (tertiary/aromatic N) is 2. The van der Waals surface area contributed by atoms with Gasteiger partial charge in [0.25, 0.3) is 0 Å². The highest BCUT2D eigenvalue weighted by Gasteiger charge is 2.21. The lowest BCUT2D eigenvalue weighted by atomic mass is 9.92. The van der Waals surface area contributed by atoms with Crippen molar-refractivity contribution in [3.63, 3.8) is 0 Å². The molecule has 1 aromatic heterocycles. The Kier molecular flexibility index (Phi) is 4.97. The number of oxazole rings is 1. The van der Waals surface area contributed by atoms with Crippen molar-refractivity contribution in [3.05, 3.63) is 65.8 Å². The number of aromatic nitrogens is 1. The summed E-state index contributed by atoms with van der Waals surface area (Å²) < 4.78 is 25.6. The lowest BCUT2D eigenvalue weighted by Gasteiger charge is -2.24. The molecule has 5 nitrogen and oxygen atoms in total. The van der Waals surface area contributed by atoms with Gasteiger partial charge in [-0.2, -0.15) is 5.26 Å². The average molecular weight is 363 g/mol. The molecule has 0 spiro atoms. The smallest absolute Gasteiger partial charge is 0.226 e. The minimum absolute atomic E-state index is 0.0225. The summed E-state index contributed by atoms with van der Waals surface area (Å²) in [6, 6.07) is 12.3. The number of ether oxygens (including phenoxy) is 1. The molecule has 1 N–H and O–H groups in total. The fourth-order valence-corrected chi connectivity index (χ4v) is 3.38. The van der Waals surface area contributed by atoms with E-state index in [-0.39, 0.29) is 11.7 Å². The highest BCUT2D eigenvalue weighted by molar-refractivity contribution is 5.82. The van der Waals surface area contributed by atoms with Crippen LogP contribution in [0.1, 0.15) is 11.1 Å². The van der Waals surface area contributed by atoms with Gasteiger partial charge >= 0.3 is 0 Å². The van der Waals surface area contributed by atoms with E-state index >= 15 is 0 Å². The lowest BCUT2D eigenvalue weighted by molar-refractivity contribution is 0.0293. The van der Waals surface area contributed by atoms with E-state index in [1.165, 1.54) is 18.4 Å². The van der Waals surface area contributed by atoms with Crippen molar-refractivity contribution < 1.29 is 13.5 Å². The number of rotatable bonds is 4. The van der Waals surface area contributed by atoms with Gasteiger partial charge in [0.2, 0.25) is 5.89 Å². The lowest BCUT2D eigenvalue weighted by Crippen LogP contribution is -2.39. The molecule has 0 saturated carbocycles. The maximum Gasteiger partial charge on any atom is 0.226 e. The molecular weight excluding hydrogens is 345 g/mol. The molecule has 0 amide bonds. The van der Waals surface area contributed by atoms with Crippen molar-refractivity contribution >= 4 is 0 Å². The standard InChI is InChI=1S/C21H18FN3O2/c22-19-11-14(4-5-16(19)12-23)18-3-1-2-15(10-17-13-24-6-8-26-17)20(18)21-25-7-9-27-21/h1-5,7,9,11,17,24H,6,8,10,13H2. The van der Waals surface area contributed by atoms with Gasteiger partial charge in [-0.1, -0.05) is 24.3 Å². The molecule has 1 aliphatic heterocycles. The second kappa shape index (κ2) is 7.70. The van der Waals surface area contributed by atoms with Crippen molar-refractivity contribution in [1.29, 1.82) is 5.26 Å². The number of benzene rings is 2. The van der Waals surface area contributed by atoms with E-state index in [1.807, 2.05) is 24.3 Å². The Bertz CT molecular complexity index is 974. The van der Waals surface area contributed by atoms with Gasteiger partial charge in [-0.15, -0.1) is 0 Å². The molecule has 0 aliphatic carbocycles. The monoisotopic (exact) mass is 363 g/mol. The molecule has 2 aromatic carbocycles. The van der Waals surface area contributed by atoms with E-state index < -0.39 is 5.82 Å². The first kappa shape index (κ1) is 17.4. The van der Waals surface area contributed by atoms with E-state index in [0.29, 0.717) is 24.5 Å². The van der Waals surface area contributed by atoms with Gasteiger partial charge in [0.05, 0.1) is 24.5 Å². The molecule has 1 saturated heterocycles. The van der Waals surface area contributed by atoms with Crippen LogP contribution in [0.2, 0.25) is 0 Å². The maximum absolute atomic E-state index is 14.2. The third-order valence-electron chi connectivity index (χ3n) is 4.65. The number of nitrogens with one attached hydrogen (secondary N) is 1. The number of hydrogen-bond acceptors (Lipinski definition) is 5. The van der Waals surface area contributed by atoms with Crippen molar-refractivity contribution in [2.24, 2.45) is 0 Å². The van der Waals surface area contributed by atoms with Gasteiger partial charge < -0.3 is 14.5 Å². The zero-order valence-corrected chi connectivity index (χ0v) is 14.6. The molecule has 1 aliphatic rings. The number of halogens is 1. The molecule has 27 heavy (non-hydrogen) atoms. The highest BCUT2D eigenvalue weighted by atomic mass is 19.1. The Balaban J connectivity index is 1.80. The first-order valence-corrected chi connectivity index (χ1v) is 8.80. The molecule has 1 atom stereocenters.